The minimum Gasteiger partial charge on any atom is -0.322 e. The zero-order chi connectivity index (χ0) is 15.2. The molecule has 4 nitrogen and oxygen atoms in total. The predicted molar refractivity (Wildman–Crippen MR) is 78.1 cm³/mol. The van der Waals surface area contributed by atoms with Crippen LogP contribution >= 0.6 is 0 Å². The van der Waals surface area contributed by atoms with E-state index in [9.17, 15) is 13.6 Å². The fourth-order valence-electron chi connectivity index (χ4n) is 2.60. The standard InChI is InChI=1S/C15H21F2N3O/c1-20(9-11-4-6-18-7-5-11)10-15(21)19-14-3-2-12(16)8-13(14)17/h2-3,8,11,18H,4-7,9-10H2,1H3,(H,19,21). The third-order valence-electron chi connectivity index (χ3n) is 3.65. The average molecular weight is 297 g/mol. The van der Waals surface area contributed by atoms with E-state index in [2.05, 4.69) is 10.6 Å². The molecule has 0 aliphatic carbocycles. The monoisotopic (exact) mass is 297 g/mol. The molecule has 6 heteroatoms. The third kappa shape index (κ3) is 5.06. The first-order valence-corrected chi connectivity index (χ1v) is 7.19. The fourth-order valence-corrected chi connectivity index (χ4v) is 2.60. The Kier molecular flexibility index (Phi) is 5.64. The van der Waals surface area contributed by atoms with Crippen molar-refractivity contribution in [3.63, 3.8) is 0 Å². The van der Waals surface area contributed by atoms with Gasteiger partial charge < -0.3 is 10.6 Å². The summed E-state index contributed by atoms with van der Waals surface area (Å²) in [5.74, 6) is -1.12. The van der Waals surface area contributed by atoms with Gasteiger partial charge in [0.15, 0.2) is 0 Å². The van der Waals surface area contributed by atoms with Crippen molar-refractivity contribution >= 4 is 11.6 Å². The maximum absolute atomic E-state index is 13.4. The van der Waals surface area contributed by atoms with Crippen molar-refractivity contribution in [3.05, 3.63) is 29.8 Å². The molecule has 0 radical (unpaired) electrons. The molecule has 0 aromatic heterocycles. The summed E-state index contributed by atoms with van der Waals surface area (Å²) in [4.78, 5) is 13.8. The van der Waals surface area contributed by atoms with E-state index in [1.54, 1.807) is 0 Å². The van der Waals surface area contributed by atoms with Crippen molar-refractivity contribution in [2.75, 3.05) is 38.5 Å². The maximum Gasteiger partial charge on any atom is 0.238 e. The number of benzene rings is 1. The number of likely N-dealkylation sites (N-methyl/N-ethyl adjacent to an activating group) is 1. The highest BCUT2D eigenvalue weighted by Crippen LogP contribution is 2.15. The van der Waals surface area contributed by atoms with Crippen LogP contribution in [-0.4, -0.2) is 44.0 Å². The number of nitrogens with one attached hydrogen (secondary N) is 2. The van der Waals surface area contributed by atoms with Gasteiger partial charge in [-0.05, 0) is 51.0 Å². The van der Waals surface area contributed by atoms with Crippen LogP contribution in [-0.2, 0) is 4.79 Å². The van der Waals surface area contributed by atoms with E-state index < -0.39 is 11.6 Å². The molecule has 1 aliphatic rings. The molecule has 116 valence electrons. The lowest BCUT2D eigenvalue weighted by atomic mass is 9.98. The number of piperidine rings is 1. The van der Waals surface area contributed by atoms with Crippen LogP contribution in [0.5, 0.6) is 0 Å². The summed E-state index contributed by atoms with van der Waals surface area (Å²) in [5, 5.41) is 5.77. The summed E-state index contributed by atoms with van der Waals surface area (Å²) in [7, 11) is 1.88. The topological polar surface area (TPSA) is 44.4 Å². The van der Waals surface area contributed by atoms with Gasteiger partial charge in [-0.25, -0.2) is 8.78 Å². The third-order valence-corrected chi connectivity index (χ3v) is 3.65. The Balaban J connectivity index is 1.80. The van der Waals surface area contributed by atoms with Crippen LogP contribution in [0.4, 0.5) is 14.5 Å². The zero-order valence-electron chi connectivity index (χ0n) is 12.2. The normalized spacial score (nSPS) is 16.2. The second kappa shape index (κ2) is 7.47. The van der Waals surface area contributed by atoms with Crippen molar-refractivity contribution in [1.82, 2.24) is 10.2 Å². The quantitative estimate of drug-likeness (QED) is 0.871. The van der Waals surface area contributed by atoms with Crippen molar-refractivity contribution in [1.29, 1.82) is 0 Å². The van der Waals surface area contributed by atoms with Crippen LogP contribution < -0.4 is 10.6 Å². The fraction of sp³-hybridized carbons (Fsp3) is 0.533. The summed E-state index contributed by atoms with van der Waals surface area (Å²) in [6, 6.07) is 3.11. The molecule has 1 aromatic rings. The smallest absolute Gasteiger partial charge is 0.238 e. The van der Waals surface area contributed by atoms with Crippen LogP contribution in [0, 0.1) is 17.6 Å². The lowest BCUT2D eigenvalue weighted by Crippen LogP contribution is -2.37. The Labute approximate surface area is 123 Å². The van der Waals surface area contributed by atoms with E-state index in [1.807, 2.05) is 11.9 Å². The Morgan fingerprint density at radius 1 is 1.38 bits per heavy atom. The largest absolute Gasteiger partial charge is 0.322 e. The minimum absolute atomic E-state index is 0.0108. The van der Waals surface area contributed by atoms with Crippen LogP contribution in [0.1, 0.15) is 12.8 Å². The SMILES string of the molecule is CN(CC(=O)Nc1ccc(F)cc1F)CC1CCNCC1. The number of rotatable bonds is 5. The molecule has 1 heterocycles. The van der Waals surface area contributed by atoms with E-state index in [4.69, 9.17) is 0 Å². The summed E-state index contributed by atoms with van der Waals surface area (Å²) in [5.41, 5.74) is 0.0108. The zero-order valence-corrected chi connectivity index (χ0v) is 12.2. The van der Waals surface area contributed by atoms with Crippen LogP contribution in [0.25, 0.3) is 0 Å². The number of nitrogens with zero attached hydrogens (tertiary/aromatic N) is 1. The molecular formula is C15H21F2N3O. The summed E-state index contributed by atoms with van der Waals surface area (Å²) < 4.78 is 26.2. The van der Waals surface area contributed by atoms with E-state index in [0.717, 1.165) is 44.6 Å². The van der Waals surface area contributed by atoms with Gasteiger partial charge in [0.05, 0.1) is 12.2 Å². The molecule has 2 rings (SSSR count). The highest BCUT2D eigenvalue weighted by atomic mass is 19.1. The van der Waals surface area contributed by atoms with Gasteiger partial charge in [-0.1, -0.05) is 0 Å². The second-order valence-electron chi connectivity index (χ2n) is 5.56. The molecule has 0 spiro atoms. The van der Waals surface area contributed by atoms with Crippen molar-refractivity contribution < 1.29 is 13.6 Å². The van der Waals surface area contributed by atoms with Crippen LogP contribution in [0.15, 0.2) is 18.2 Å². The maximum atomic E-state index is 13.4. The highest BCUT2D eigenvalue weighted by molar-refractivity contribution is 5.92. The number of carbonyl (C=O) groups excluding carboxylic acids is 1. The van der Waals surface area contributed by atoms with Crippen molar-refractivity contribution in [2.45, 2.75) is 12.8 Å². The van der Waals surface area contributed by atoms with E-state index in [1.165, 1.54) is 6.07 Å². The molecule has 21 heavy (non-hydrogen) atoms. The minimum atomic E-state index is -0.760. The number of amides is 1. The summed E-state index contributed by atoms with van der Waals surface area (Å²) >= 11 is 0. The Bertz CT molecular complexity index is 490. The lowest BCUT2D eigenvalue weighted by Gasteiger charge is -2.27. The molecule has 1 saturated heterocycles. The van der Waals surface area contributed by atoms with Gasteiger partial charge in [0.2, 0.25) is 5.91 Å². The molecule has 2 N–H and O–H groups in total. The van der Waals surface area contributed by atoms with Gasteiger partial charge in [0.25, 0.3) is 0 Å². The Morgan fingerprint density at radius 3 is 2.76 bits per heavy atom. The molecule has 1 amide bonds. The number of halogens is 2. The molecular weight excluding hydrogens is 276 g/mol. The molecule has 0 saturated carbocycles. The van der Waals surface area contributed by atoms with Crippen LogP contribution in [0.2, 0.25) is 0 Å². The van der Waals surface area contributed by atoms with Gasteiger partial charge >= 0.3 is 0 Å². The second-order valence-corrected chi connectivity index (χ2v) is 5.56. The number of anilines is 1. The Morgan fingerprint density at radius 2 is 2.10 bits per heavy atom. The number of carbonyl (C=O) groups is 1. The van der Waals surface area contributed by atoms with Gasteiger partial charge in [0.1, 0.15) is 11.6 Å². The Hall–Kier alpha value is -1.53. The molecule has 1 aliphatic heterocycles. The highest BCUT2D eigenvalue weighted by Gasteiger charge is 2.17. The first-order chi connectivity index (χ1) is 10.0. The molecule has 0 atom stereocenters. The molecule has 0 unspecified atom stereocenters. The van der Waals surface area contributed by atoms with Crippen molar-refractivity contribution in [3.8, 4) is 0 Å². The first-order valence-electron chi connectivity index (χ1n) is 7.19. The van der Waals surface area contributed by atoms with Crippen molar-refractivity contribution in [2.24, 2.45) is 5.92 Å². The van der Waals surface area contributed by atoms with Gasteiger partial charge in [0, 0.05) is 12.6 Å². The summed E-state index contributed by atoms with van der Waals surface area (Å²) in [6.45, 7) is 3.08. The predicted octanol–water partition coefficient (Wildman–Crippen LogP) is 1.83. The number of hydrogen-bond acceptors (Lipinski definition) is 3. The van der Waals surface area contributed by atoms with E-state index in [0.29, 0.717) is 5.92 Å². The number of hydrogen-bond donors (Lipinski definition) is 2. The molecule has 1 aromatic carbocycles. The average Bonchev–Trinajstić information content (AvgIpc) is 2.43. The molecule has 0 bridgehead atoms. The van der Waals surface area contributed by atoms with E-state index >= 15 is 0 Å². The summed E-state index contributed by atoms with van der Waals surface area (Å²) in [6.07, 6.45) is 2.22. The first kappa shape index (κ1) is 15.9. The van der Waals surface area contributed by atoms with Gasteiger partial charge in [-0.3, -0.25) is 9.69 Å². The van der Waals surface area contributed by atoms with Crippen LogP contribution in [0.3, 0.4) is 0 Å². The van der Waals surface area contributed by atoms with E-state index in [-0.39, 0.29) is 18.1 Å². The van der Waals surface area contributed by atoms with Gasteiger partial charge in [-0.15, -0.1) is 0 Å². The van der Waals surface area contributed by atoms with Gasteiger partial charge in [-0.2, -0.15) is 0 Å². The lowest BCUT2D eigenvalue weighted by molar-refractivity contribution is -0.117. The molecule has 1 fully saturated rings.